The highest BCUT2D eigenvalue weighted by Gasteiger charge is 2.32. The van der Waals surface area contributed by atoms with Crippen LogP contribution in [-0.4, -0.2) is 17.0 Å². The first-order valence-corrected chi connectivity index (χ1v) is 7.19. The molecule has 4 heteroatoms. The first-order chi connectivity index (χ1) is 8.70. The Morgan fingerprint density at radius 3 is 1.39 bits per heavy atom. The van der Waals surface area contributed by atoms with Gasteiger partial charge in [0.25, 0.3) is 5.95 Å². The maximum absolute atomic E-state index is 13.8. The predicted molar refractivity (Wildman–Crippen MR) is 65.9 cm³/mol. The van der Waals surface area contributed by atoms with Gasteiger partial charge in [-0.2, -0.15) is 13.2 Å². The summed E-state index contributed by atoms with van der Waals surface area (Å²) in [6.07, 6.45) is 7.74. The summed E-state index contributed by atoms with van der Waals surface area (Å²) < 4.78 is 39.1. The Kier molecular flexibility index (Phi) is 4.95. The molecule has 2 fully saturated rings. The molecule has 0 aromatic heterocycles. The highest BCUT2D eigenvalue weighted by molar-refractivity contribution is 4.99. The monoisotopic (exact) mass is 261 g/mol. The maximum atomic E-state index is 13.8. The van der Waals surface area contributed by atoms with Crippen molar-refractivity contribution in [3.8, 4) is 0 Å². The van der Waals surface area contributed by atoms with Crippen LogP contribution in [0.4, 0.5) is 13.2 Å². The van der Waals surface area contributed by atoms with Crippen molar-refractivity contribution in [2.45, 2.75) is 76.3 Å². The van der Waals surface area contributed by atoms with E-state index in [-0.39, 0.29) is 12.1 Å². The Balaban J connectivity index is 2.13. The van der Waals surface area contributed by atoms with E-state index in [2.05, 4.69) is 0 Å². The van der Waals surface area contributed by atoms with Crippen molar-refractivity contribution >= 4 is 0 Å². The van der Waals surface area contributed by atoms with Gasteiger partial charge in [0.05, 0.1) is 0 Å². The van der Waals surface area contributed by atoms with Crippen LogP contribution < -0.4 is 0 Å². The molecule has 0 aromatic rings. The molecule has 0 saturated heterocycles. The van der Waals surface area contributed by atoms with Crippen LogP contribution in [0.25, 0.3) is 0 Å². The standard InChI is InChI=1S/C14H22F3N/c15-13(16)14(17)18(11-7-3-1-4-8-11)12-9-5-2-6-10-12/h11-12H,1-10H2. The third kappa shape index (κ3) is 3.21. The van der Waals surface area contributed by atoms with Gasteiger partial charge < -0.3 is 4.90 Å². The van der Waals surface area contributed by atoms with Crippen molar-refractivity contribution in [1.29, 1.82) is 0 Å². The van der Waals surface area contributed by atoms with Gasteiger partial charge in [0, 0.05) is 12.1 Å². The largest absolute Gasteiger partial charge is 0.338 e. The summed E-state index contributed by atoms with van der Waals surface area (Å²) in [6.45, 7) is 0. The van der Waals surface area contributed by atoms with E-state index in [1.54, 1.807) is 0 Å². The maximum Gasteiger partial charge on any atom is 0.322 e. The third-order valence-electron chi connectivity index (χ3n) is 4.32. The van der Waals surface area contributed by atoms with Crippen molar-refractivity contribution in [3.05, 3.63) is 12.0 Å². The first-order valence-electron chi connectivity index (χ1n) is 7.19. The molecule has 0 bridgehead atoms. The molecule has 0 heterocycles. The quantitative estimate of drug-likeness (QED) is 0.647. The van der Waals surface area contributed by atoms with Gasteiger partial charge >= 0.3 is 6.08 Å². The Labute approximate surface area is 107 Å². The van der Waals surface area contributed by atoms with Crippen LogP contribution in [-0.2, 0) is 0 Å². The van der Waals surface area contributed by atoms with E-state index in [0.717, 1.165) is 64.2 Å². The van der Waals surface area contributed by atoms with Crippen LogP contribution >= 0.6 is 0 Å². The molecule has 0 aliphatic heterocycles. The van der Waals surface area contributed by atoms with Gasteiger partial charge in [-0.25, -0.2) is 0 Å². The first kappa shape index (κ1) is 13.8. The molecule has 2 aliphatic carbocycles. The molecule has 0 amide bonds. The molecule has 18 heavy (non-hydrogen) atoms. The van der Waals surface area contributed by atoms with Gasteiger partial charge in [0.2, 0.25) is 0 Å². The highest BCUT2D eigenvalue weighted by atomic mass is 19.3. The van der Waals surface area contributed by atoms with Crippen molar-refractivity contribution in [2.24, 2.45) is 0 Å². The molecule has 0 radical (unpaired) electrons. The van der Waals surface area contributed by atoms with Crippen molar-refractivity contribution in [2.75, 3.05) is 0 Å². The van der Waals surface area contributed by atoms with E-state index in [9.17, 15) is 13.2 Å². The zero-order chi connectivity index (χ0) is 13.0. The third-order valence-corrected chi connectivity index (χ3v) is 4.32. The lowest BCUT2D eigenvalue weighted by Crippen LogP contribution is -2.43. The Hall–Kier alpha value is -0.670. The van der Waals surface area contributed by atoms with E-state index < -0.39 is 12.0 Å². The minimum absolute atomic E-state index is 0.0108. The molecule has 2 aliphatic rings. The van der Waals surface area contributed by atoms with Crippen molar-refractivity contribution < 1.29 is 13.2 Å². The Morgan fingerprint density at radius 2 is 1.06 bits per heavy atom. The summed E-state index contributed by atoms with van der Waals surface area (Å²) >= 11 is 0. The average Bonchev–Trinajstić information content (AvgIpc) is 2.41. The minimum atomic E-state index is -2.15. The van der Waals surface area contributed by atoms with Gasteiger partial charge in [-0.05, 0) is 25.7 Å². The van der Waals surface area contributed by atoms with E-state index in [1.165, 1.54) is 4.90 Å². The molecule has 1 nitrogen and oxygen atoms in total. The van der Waals surface area contributed by atoms with Gasteiger partial charge in [-0.15, -0.1) is 0 Å². The lowest BCUT2D eigenvalue weighted by atomic mass is 9.89. The predicted octanol–water partition coefficient (Wildman–Crippen LogP) is 4.99. The van der Waals surface area contributed by atoms with Crippen LogP contribution in [0.2, 0.25) is 0 Å². The van der Waals surface area contributed by atoms with Crippen LogP contribution in [0.1, 0.15) is 64.2 Å². The van der Waals surface area contributed by atoms with Crippen LogP contribution in [0.3, 0.4) is 0 Å². The van der Waals surface area contributed by atoms with Crippen molar-refractivity contribution in [1.82, 2.24) is 4.90 Å². The van der Waals surface area contributed by atoms with Crippen LogP contribution in [0, 0.1) is 0 Å². The van der Waals surface area contributed by atoms with Crippen molar-refractivity contribution in [3.63, 3.8) is 0 Å². The smallest absolute Gasteiger partial charge is 0.322 e. The lowest BCUT2D eigenvalue weighted by molar-refractivity contribution is 0.0775. The zero-order valence-electron chi connectivity index (χ0n) is 10.8. The summed E-state index contributed by atoms with van der Waals surface area (Å²) in [5, 5.41) is 0. The molecule has 0 unspecified atom stereocenters. The van der Waals surface area contributed by atoms with Crippen LogP contribution in [0.5, 0.6) is 0 Å². The molecule has 0 aromatic carbocycles. The van der Waals surface area contributed by atoms with Gasteiger partial charge in [0.15, 0.2) is 0 Å². The Bertz CT molecular complexity index is 269. The fourth-order valence-electron chi connectivity index (χ4n) is 3.43. The molecule has 0 spiro atoms. The minimum Gasteiger partial charge on any atom is -0.338 e. The molecule has 0 atom stereocenters. The van der Waals surface area contributed by atoms with Gasteiger partial charge in [0.1, 0.15) is 0 Å². The van der Waals surface area contributed by atoms with Gasteiger partial charge in [-0.3, -0.25) is 0 Å². The number of hydrogen-bond donors (Lipinski definition) is 0. The molecule has 2 saturated carbocycles. The summed E-state index contributed by atoms with van der Waals surface area (Å²) in [5.74, 6) is -1.26. The fraction of sp³-hybridized carbons (Fsp3) is 0.857. The second-order valence-corrected chi connectivity index (χ2v) is 5.54. The van der Waals surface area contributed by atoms with E-state index in [4.69, 9.17) is 0 Å². The van der Waals surface area contributed by atoms with E-state index in [0.29, 0.717) is 0 Å². The fourth-order valence-corrected chi connectivity index (χ4v) is 3.43. The molecule has 104 valence electrons. The number of halogens is 3. The average molecular weight is 261 g/mol. The summed E-state index contributed by atoms with van der Waals surface area (Å²) in [6, 6.07) is -0.0216. The zero-order valence-corrected chi connectivity index (χ0v) is 10.8. The normalized spacial score (nSPS) is 22.8. The number of rotatable bonds is 3. The second kappa shape index (κ2) is 6.48. The highest BCUT2D eigenvalue weighted by Crippen LogP contribution is 2.34. The summed E-state index contributed by atoms with van der Waals surface area (Å²) in [5.41, 5.74) is 0. The summed E-state index contributed by atoms with van der Waals surface area (Å²) in [7, 11) is 0. The molecular formula is C14H22F3N. The molecular weight excluding hydrogens is 239 g/mol. The number of nitrogens with zero attached hydrogens (tertiary/aromatic N) is 1. The number of hydrogen-bond acceptors (Lipinski definition) is 1. The van der Waals surface area contributed by atoms with Gasteiger partial charge in [-0.1, -0.05) is 38.5 Å². The lowest BCUT2D eigenvalue weighted by Gasteiger charge is -2.41. The molecule has 0 N–H and O–H groups in total. The Morgan fingerprint density at radius 1 is 0.667 bits per heavy atom. The topological polar surface area (TPSA) is 3.24 Å². The van der Waals surface area contributed by atoms with E-state index >= 15 is 0 Å². The SMILES string of the molecule is FC(F)=C(F)N(C1CCCCC1)C1CCCCC1. The van der Waals surface area contributed by atoms with E-state index in [1.807, 2.05) is 0 Å². The molecule has 2 rings (SSSR count). The van der Waals surface area contributed by atoms with Crippen LogP contribution in [0.15, 0.2) is 12.0 Å². The second-order valence-electron chi connectivity index (χ2n) is 5.54. The summed E-state index contributed by atoms with van der Waals surface area (Å²) in [4.78, 5) is 1.42.